The summed E-state index contributed by atoms with van der Waals surface area (Å²) in [6.45, 7) is 4.22. The molecule has 0 unspecified atom stereocenters. The number of nitrogens with two attached hydrogens (primary N) is 1. The largest absolute Gasteiger partial charge is 0.496 e. The fourth-order valence-electron chi connectivity index (χ4n) is 1.77. The van der Waals surface area contributed by atoms with Crippen molar-refractivity contribution in [1.82, 2.24) is 0 Å². The molecule has 0 fully saturated rings. The average molecular weight is 288 g/mol. The van der Waals surface area contributed by atoms with E-state index in [0.717, 1.165) is 5.56 Å². The van der Waals surface area contributed by atoms with Crippen molar-refractivity contribution in [2.75, 3.05) is 14.2 Å². The van der Waals surface area contributed by atoms with Gasteiger partial charge in [0.25, 0.3) is 0 Å². The fourth-order valence-corrected chi connectivity index (χ4v) is 1.77. The minimum absolute atomic E-state index is 0. The van der Waals surface area contributed by atoms with E-state index in [4.69, 9.17) is 10.5 Å². The van der Waals surface area contributed by atoms with Crippen LogP contribution in [0.25, 0.3) is 0 Å². The number of carbonyl (C=O) groups is 1. The monoisotopic (exact) mass is 287 g/mol. The molecule has 5 heteroatoms. The van der Waals surface area contributed by atoms with Crippen LogP contribution in [-0.4, -0.2) is 20.2 Å². The maximum atomic E-state index is 11.3. The van der Waals surface area contributed by atoms with E-state index >= 15 is 0 Å². The molecular formula is C14H22ClNO3. The van der Waals surface area contributed by atoms with Crippen LogP contribution in [0.1, 0.15) is 43.4 Å². The smallest absolute Gasteiger partial charge is 0.307 e. The lowest BCUT2D eigenvalue weighted by atomic mass is 9.96. The Kier molecular flexibility index (Phi) is 7.49. The van der Waals surface area contributed by atoms with E-state index in [-0.39, 0.29) is 24.8 Å². The van der Waals surface area contributed by atoms with Crippen molar-refractivity contribution in [3.63, 3.8) is 0 Å². The highest BCUT2D eigenvalue weighted by Gasteiger charge is 2.17. The first-order valence-electron chi connectivity index (χ1n) is 5.99. The lowest BCUT2D eigenvalue weighted by Crippen LogP contribution is -2.17. The summed E-state index contributed by atoms with van der Waals surface area (Å²) < 4.78 is 9.92. The number of carbonyl (C=O) groups excluding carboxylic acids is 1. The minimum Gasteiger partial charge on any atom is -0.496 e. The molecule has 1 rings (SSSR count). The van der Waals surface area contributed by atoms with Gasteiger partial charge < -0.3 is 15.2 Å². The van der Waals surface area contributed by atoms with Gasteiger partial charge in [-0.25, -0.2) is 0 Å². The van der Waals surface area contributed by atoms with Gasteiger partial charge in [0.2, 0.25) is 0 Å². The van der Waals surface area contributed by atoms with Crippen LogP contribution in [-0.2, 0) is 9.53 Å². The van der Waals surface area contributed by atoms with Gasteiger partial charge in [-0.05, 0) is 17.5 Å². The highest BCUT2D eigenvalue weighted by atomic mass is 35.5. The number of ether oxygens (including phenoxy) is 2. The second-order valence-corrected chi connectivity index (χ2v) is 4.54. The zero-order valence-corrected chi connectivity index (χ0v) is 12.6. The Bertz CT molecular complexity index is 421. The van der Waals surface area contributed by atoms with Gasteiger partial charge in [0, 0.05) is 11.6 Å². The third-order valence-corrected chi connectivity index (χ3v) is 2.93. The molecule has 0 spiro atoms. The Balaban J connectivity index is 0.00000324. The Labute approximate surface area is 120 Å². The average Bonchev–Trinajstić information content (AvgIpc) is 2.37. The minimum atomic E-state index is -0.411. The van der Waals surface area contributed by atoms with Crippen molar-refractivity contribution in [2.24, 2.45) is 5.73 Å². The van der Waals surface area contributed by atoms with Gasteiger partial charge in [-0.15, -0.1) is 12.4 Å². The van der Waals surface area contributed by atoms with E-state index in [1.807, 2.05) is 18.2 Å². The first-order valence-corrected chi connectivity index (χ1v) is 5.99. The molecule has 1 aromatic carbocycles. The summed E-state index contributed by atoms with van der Waals surface area (Å²) in [6.07, 6.45) is 0.147. The highest BCUT2D eigenvalue weighted by Crippen LogP contribution is 2.29. The molecular weight excluding hydrogens is 266 g/mol. The maximum absolute atomic E-state index is 11.3. The summed E-state index contributed by atoms with van der Waals surface area (Å²) in [5, 5.41) is 0. The Morgan fingerprint density at radius 2 is 1.95 bits per heavy atom. The third-order valence-electron chi connectivity index (χ3n) is 2.93. The van der Waals surface area contributed by atoms with Crippen LogP contribution in [0.2, 0.25) is 0 Å². The van der Waals surface area contributed by atoms with Crippen molar-refractivity contribution < 1.29 is 14.3 Å². The van der Waals surface area contributed by atoms with E-state index in [1.54, 1.807) is 7.11 Å². The molecule has 0 aliphatic rings. The van der Waals surface area contributed by atoms with Crippen LogP contribution in [0.4, 0.5) is 0 Å². The summed E-state index contributed by atoms with van der Waals surface area (Å²) in [7, 11) is 2.95. The molecule has 0 saturated carbocycles. The molecule has 0 aromatic heterocycles. The Morgan fingerprint density at radius 1 is 1.32 bits per heavy atom. The van der Waals surface area contributed by atoms with E-state index in [1.165, 1.54) is 12.7 Å². The van der Waals surface area contributed by atoms with Gasteiger partial charge in [0.15, 0.2) is 0 Å². The van der Waals surface area contributed by atoms with Crippen LogP contribution in [0.15, 0.2) is 18.2 Å². The highest BCUT2D eigenvalue weighted by molar-refractivity contribution is 5.85. The van der Waals surface area contributed by atoms with E-state index < -0.39 is 6.04 Å². The predicted octanol–water partition coefficient (Wildman–Crippen LogP) is 2.80. The molecule has 4 nitrogen and oxygen atoms in total. The topological polar surface area (TPSA) is 61.5 Å². The summed E-state index contributed by atoms with van der Waals surface area (Å²) in [5.41, 5.74) is 8.05. The Morgan fingerprint density at radius 3 is 2.42 bits per heavy atom. The molecule has 1 atom stereocenters. The molecule has 108 valence electrons. The van der Waals surface area contributed by atoms with Crippen LogP contribution in [0, 0.1) is 0 Å². The third kappa shape index (κ3) is 4.73. The Hall–Kier alpha value is -1.26. The van der Waals surface area contributed by atoms with E-state index in [2.05, 4.69) is 18.6 Å². The number of benzene rings is 1. The lowest BCUT2D eigenvalue weighted by molar-refractivity contribution is -0.141. The second kappa shape index (κ2) is 8.02. The SMILES string of the molecule is COC(=O)C[C@@H](N)c1cc(C(C)C)ccc1OC.Cl. The maximum Gasteiger partial charge on any atom is 0.307 e. The molecule has 0 aliphatic heterocycles. The van der Waals surface area contributed by atoms with Crippen molar-refractivity contribution in [2.45, 2.75) is 32.2 Å². The first kappa shape index (κ1) is 17.7. The summed E-state index contributed by atoms with van der Waals surface area (Å²) in [4.78, 5) is 11.3. The summed E-state index contributed by atoms with van der Waals surface area (Å²) in [5.74, 6) is 0.787. The van der Waals surface area contributed by atoms with E-state index in [9.17, 15) is 4.79 Å². The normalized spacial score (nSPS) is 11.7. The molecule has 0 aliphatic carbocycles. The molecule has 0 saturated heterocycles. The second-order valence-electron chi connectivity index (χ2n) is 4.54. The number of hydrogen-bond donors (Lipinski definition) is 1. The van der Waals surface area contributed by atoms with Crippen LogP contribution in [0.3, 0.4) is 0 Å². The van der Waals surface area contributed by atoms with Gasteiger partial charge in [-0.2, -0.15) is 0 Å². The number of halogens is 1. The van der Waals surface area contributed by atoms with Crippen LogP contribution < -0.4 is 10.5 Å². The van der Waals surface area contributed by atoms with Gasteiger partial charge in [-0.1, -0.05) is 26.0 Å². The summed E-state index contributed by atoms with van der Waals surface area (Å²) >= 11 is 0. The molecule has 0 heterocycles. The molecule has 0 amide bonds. The van der Waals surface area contributed by atoms with Crippen LogP contribution in [0.5, 0.6) is 5.75 Å². The summed E-state index contributed by atoms with van der Waals surface area (Å²) in [6, 6.07) is 5.49. The molecule has 1 aromatic rings. The van der Waals surface area contributed by atoms with Crippen molar-refractivity contribution >= 4 is 18.4 Å². The van der Waals surface area contributed by atoms with Gasteiger partial charge in [0.05, 0.1) is 20.6 Å². The first-order chi connectivity index (χ1) is 8.49. The quantitative estimate of drug-likeness (QED) is 0.846. The standard InChI is InChI=1S/C14H21NO3.ClH/c1-9(2)10-5-6-13(17-3)11(7-10)12(15)8-14(16)18-4;/h5-7,9,12H,8,15H2,1-4H3;1H/t12-;/m1./s1. The molecule has 0 bridgehead atoms. The van der Waals surface area contributed by atoms with Gasteiger partial charge >= 0.3 is 5.97 Å². The van der Waals surface area contributed by atoms with Crippen molar-refractivity contribution in [1.29, 1.82) is 0 Å². The molecule has 19 heavy (non-hydrogen) atoms. The van der Waals surface area contributed by atoms with Crippen molar-refractivity contribution in [3.8, 4) is 5.75 Å². The van der Waals surface area contributed by atoms with Crippen molar-refractivity contribution in [3.05, 3.63) is 29.3 Å². The molecule has 2 N–H and O–H groups in total. The number of rotatable bonds is 5. The fraction of sp³-hybridized carbons (Fsp3) is 0.500. The zero-order chi connectivity index (χ0) is 13.7. The van der Waals surface area contributed by atoms with E-state index in [0.29, 0.717) is 11.7 Å². The molecule has 0 radical (unpaired) electrons. The zero-order valence-electron chi connectivity index (χ0n) is 11.8. The number of methoxy groups -OCH3 is 2. The predicted molar refractivity (Wildman–Crippen MR) is 77.9 cm³/mol. The number of hydrogen-bond acceptors (Lipinski definition) is 4. The van der Waals surface area contributed by atoms with Gasteiger partial charge in [-0.3, -0.25) is 4.79 Å². The lowest BCUT2D eigenvalue weighted by Gasteiger charge is -2.17. The number of esters is 1. The van der Waals surface area contributed by atoms with Gasteiger partial charge in [0.1, 0.15) is 5.75 Å². The van der Waals surface area contributed by atoms with Crippen LogP contribution >= 0.6 is 12.4 Å².